The van der Waals surface area contributed by atoms with Crippen molar-refractivity contribution < 1.29 is 55.7 Å². The van der Waals surface area contributed by atoms with Gasteiger partial charge in [-0.05, 0) is 25.5 Å². The summed E-state index contributed by atoms with van der Waals surface area (Å²) in [5.74, 6) is -1.27. The Hall–Kier alpha value is -2.17. The Kier molecular flexibility index (Phi) is 21.1. The minimum Gasteiger partial charge on any atom is -0.481 e. The van der Waals surface area contributed by atoms with Gasteiger partial charge in [-0.25, -0.2) is 0 Å². The van der Waals surface area contributed by atoms with Gasteiger partial charge in [0.1, 0.15) is 0 Å². The minimum atomic E-state index is -3.78. The molecule has 1 amide bonds. The van der Waals surface area contributed by atoms with E-state index in [1.54, 1.807) is 12.1 Å². The largest absolute Gasteiger partial charge is 0.481 e. The number of carboxylic acids is 1. The Labute approximate surface area is 236 Å². The molecular formula is C26H43NO12S. The SMILES string of the molecule is Cc1ccc(S(=O)(=O)OCCOCCOCCOCCOCCOCCOCCCNC(=O)CCC(=O)O)cc1. The third-order valence-electron chi connectivity index (χ3n) is 4.99. The van der Waals surface area contributed by atoms with Crippen molar-refractivity contribution in [3.63, 3.8) is 0 Å². The maximum atomic E-state index is 12.0. The second kappa shape index (κ2) is 23.5. The van der Waals surface area contributed by atoms with Crippen LogP contribution in [0.5, 0.6) is 0 Å². The van der Waals surface area contributed by atoms with Crippen molar-refractivity contribution in [2.24, 2.45) is 0 Å². The van der Waals surface area contributed by atoms with Crippen LogP contribution in [0.3, 0.4) is 0 Å². The number of aliphatic carboxylic acids is 1. The molecule has 0 bridgehead atoms. The summed E-state index contributed by atoms with van der Waals surface area (Å²) >= 11 is 0. The van der Waals surface area contributed by atoms with E-state index >= 15 is 0 Å². The molecule has 1 rings (SSSR count). The zero-order valence-electron chi connectivity index (χ0n) is 23.2. The summed E-state index contributed by atoms with van der Waals surface area (Å²) in [6.07, 6.45) is 0.450. The molecule has 14 heteroatoms. The lowest BCUT2D eigenvalue weighted by atomic mass is 10.2. The molecule has 0 aromatic heterocycles. The van der Waals surface area contributed by atoms with Gasteiger partial charge in [0.15, 0.2) is 0 Å². The number of aryl methyl sites for hydroxylation is 1. The van der Waals surface area contributed by atoms with Gasteiger partial charge in [-0.2, -0.15) is 8.42 Å². The van der Waals surface area contributed by atoms with Crippen LogP contribution in [0.2, 0.25) is 0 Å². The van der Waals surface area contributed by atoms with Crippen LogP contribution in [0.15, 0.2) is 29.2 Å². The van der Waals surface area contributed by atoms with Gasteiger partial charge in [0.05, 0.1) is 90.6 Å². The average molecular weight is 594 g/mol. The van der Waals surface area contributed by atoms with Crippen molar-refractivity contribution >= 4 is 22.0 Å². The molecule has 0 radical (unpaired) electrons. The fourth-order valence-corrected chi connectivity index (χ4v) is 3.78. The molecule has 0 spiro atoms. The predicted molar refractivity (Wildman–Crippen MR) is 144 cm³/mol. The lowest BCUT2D eigenvalue weighted by molar-refractivity contribution is -0.138. The molecule has 0 unspecified atom stereocenters. The van der Waals surface area contributed by atoms with Gasteiger partial charge in [0, 0.05) is 19.6 Å². The highest BCUT2D eigenvalue weighted by atomic mass is 32.2. The molecule has 0 fully saturated rings. The highest BCUT2D eigenvalue weighted by Gasteiger charge is 2.14. The molecule has 0 heterocycles. The van der Waals surface area contributed by atoms with Crippen LogP contribution in [0.4, 0.5) is 0 Å². The molecular weight excluding hydrogens is 550 g/mol. The van der Waals surface area contributed by atoms with Crippen molar-refractivity contribution in [1.29, 1.82) is 0 Å². The van der Waals surface area contributed by atoms with Crippen LogP contribution in [0.1, 0.15) is 24.8 Å². The maximum absolute atomic E-state index is 12.0. The van der Waals surface area contributed by atoms with E-state index < -0.39 is 16.1 Å². The standard InChI is InChI=1S/C26H43NO12S/c1-23-3-5-24(6-4-23)40(31,32)39-22-21-38-20-19-37-18-17-36-16-15-35-14-13-34-12-11-33-10-2-9-27-25(28)7-8-26(29)30/h3-6H,2,7-22H2,1H3,(H,27,28)(H,29,30). The number of benzene rings is 1. The minimum absolute atomic E-state index is 0.0184. The molecule has 13 nitrogen and oxygen atoms in total. The van der Waals surface area contributed by atoms with Crippen molar-refractivity contribution in [1.82, 2.24) is 5.32 Å². The number of carboxylic acid groups (broad SMARTS) is 1. The lowest BCUT2D eigenvalue weighted by Crippen LogP contribution is -2.25. The van der Waals surface area contributed by atoms with Crippen molar-refractivity contribution in [2.75, 3.05) is 92.4 Å². The van der Waals surface area contributed by atoms with Gasteiger partial charge in [-0.1, -0.05) is 17.7 Å². The van der Waals surface area contributed by atoms with Crippen molar-refractivity contribution in [3.8, 4) is 0 Å². The molecule has 230 valence electrons. The molecule has 1 aromatic rings. The first-order valence-corrected chi connectivity index (χ1v) is 14.6. The average Bonchev–Trinajstić information content (AvgIpc) is 2.92. The van der Waals surface area contributed by atoms with Gasteiger partial charge in [-0.15, -0.1) is 0 Å². The number of ether oxygens (including phenoxy) is 6. The Morgan fingerprint density at radius 1 is 0.675 bits per heavy atom. The predicted octanol–water partition coefficient (Wildman–Crippen LogP) is 1.17. The highest BCUT2D eigenvalue weighted by Crippen LogP contribution is 2.12. The third kappa shape index (κ3) is 20.7. The van der Waals surface area contributed by atoms with Crippen LogP contribution >= 0.6 is 0 Å². The van der Waals surface area contributed by atoms with Crippen molar-refractivity contribution in [3.05, 3.63) is 29.8 Å². The van der Waals surface area contributed by atoms with E-state index in [0.29, 0.717) is 85.6 Å². The topological polar surface area (TPSA) is 165 Å². The zero-order chi connectivity index (χ0) is 29.3. The number of rotatable bonds is 27. The maximum Gasteiger partial charge on any atom is 0.303 e. The Bertz CT molecular complexity index is 895. The highest BCUT2D eigenvalue weighted by molar-refractivity contribution is 7.86. The Morgan fingerprint density at radius 2 is 1.10 bits per heavy atom. The first kappa shape index (κ1) is 35.9. The summed E-state index contributed by atoms with van der Waals surface area (Å²) < 4.78 is 61.3. The molecule has 0 aliphatic rings. The Morgan fingerprint density at radius 3 is 1.55 bits per heavy atom. The molecule has 1 aromatic carbocycles. The van der Waals surface area contributed by atoms with E-state index in [2.05, 4.69) is 5.32 Å². The normalized spacial score (nSPS) is 11.5. The van der Waals surface area contributed by atoms with Crippen LogP contribution in [0.25, 0.3) is 0 Å². The number of hydrogen-bond donors (Lipinski definition) is 2. The van der Waals surface area contributed by atoms with Gasteiger partial charge >= 0.3 is 5.97 Å². The van der Waals surface area contributed by atoms with E-state index in [9.17, 15) is 18.0 Å². The van der Waals surface area contributed by atoms with E-state index in [4.69, 9.17) is 37.7 Å². The van der Waals surface area contributed by atoms with Gasteiger partial charge in [0.25, 0.3) is 10.1 Å². The van der Waals surface area contributed by atoms with Gasteiger partial charge in [0.2, 0.25) is 5.91 Å². The molecule has 0 atom stereocenters. The summed E-state index contributed by atoms with van der Waals surface area (Å²) in [6.45, 7) is 6.98. The summed E-state index contributed by atoms with van der Waals surface area (Å²) in [4.78, 5) is 21.8. The quantitative estimate of drug-likeness (QED) is 0.111. The molecule has 0 aliphatic carbocycles. The first-order valence-electron chi connectivity index (χ1n) is 13.2. The molecule has 0 saturated carbocycles. The zero-order valence-corrected chi connectivity index (χ0v) is 24.0. The van der Waals surface area contributed by atoms with Crippen LogP contribution in [-0.4, -0.2) is 118 Å². The number of hydrogen-bond acceptors (Lipinski definition) is 11. The molecule has 0 saturated heterocycles. The molecule has 0 aliphatic heterocycles. The summed E-state index contributed by atoms with van der Waals surface area (Å²) in [5.41, 5.74) is 0.968. The summed E-state index contributed by atoms with van der Waals surface area (Å²) in [7, 11) is -3.78. The monoisotopic (exact) mass is 593 g/mol. The number of carbonyl (C=O) groups is 2. The summed E-state index contributed by atoms with van der Waals surface area (Å²) in [5, 5.41) is 11.1. The number of carbonyl (C=O) groups excluding carboxylic acids is 1. The van der Waals surface area contributed by atoms with E-state index in [-0.39, 0.29) is 36.9 Å². The van der Waals surface area contributed by atoms with E-state index in [1.807, 2.05) is 6.92 Å². The molecule has 2 N–H and O–H groups in total. The van der Waals surface area contributed by atoms with E-state index in [1.165, 1.54) is 12.1 Å². The summed E-state index contributed by atoms with van der Waals surface area (Å²) in [6, 6.07) is 6.44. The fraction of sp³-hybridized carbons (Fsp3) is 0.692. The third-order valence-corrected chi connectivity index (χ3v) is 6.32. The smallest absolute Gasteiger partial charge is 0.303 e. The fourth-order valence-electron chi connectivity index (χ4n) is 2.89. The van der Waals surface area contributed by atoms with Gasteiger partial charge in [-0.3, -0.25) is 13.8 Å². The van der Waals surface area contributed by atoms with Crippen LogP contribution < -0.4 is 5.32 Å². The number of amides is 1. The van der Waals surface area contributed by atoms with Crippen LogP contribution in [-0.2, 0) is 52.3 Å². The second-order valence-electron chi connectivity index (χ2n) is 8.36. The van der Waals surface area contributed by atoms with Crippen LogP contribution in [0, 0.1) is 6.92 Å². The second-order valence-corrected chi connectivity index (χ2v) is 9.98. The first-order chi connectivity index (χ1) is 19.3. The molecule has 40 heavy (non-hydrogen) atoms. The van der Waals surface area contributed by atoms with Gasteiger partial charge < -0.3 is 38.8 Å². The lowest BCUT2D eigenvalue weighted by Gasteiger charge is -2.09. The van der Waals surface area contributed by atoms with Crippen molar-refractivity contribution in [2.45, 2.75) is 31.1 Å². The number of nitrogens with one attached hydrogen (secondary N) is 1. The van der Waals surface area contributed by atoms with E-state index in [0.717, 1.165) is 5.56 Å². The Balaban J connectivity index is 1.75.